The number of thiophene rings is 1. The van der Waals surface area contributed by atoms with Gasteiger partial charge in [-0.2, -0.15) is 0 Å². The van der Waals surface area contributed by atoms with Crippen molar-refractivity contribution < 1.29 is 0 Å². The van der Waals surface area contributed by atoms with Crippen LogP contribution in [0.4, 0.5) is 0 Å². The largest absolute Gasteiger partial charge is 0.328 e. The minimum absolute atomic E-state index is 0.360. The SMILES string of the molecule is Cc1ccc([C@@H]2C[C@H](N)C[C@H](C)N2)s1. The van der Waals surface area contributed by atoms with E-state index in [1.165, 1.54) is 9.75 Å². The molecule has 1 saturated heterocycles. The highest BCUT2D eigenvalue weighted by Gasteiger charge is 2.25. The molecule has 0 radical (unpaired) electrons. The van der Waals surface area contributed by atoms with Crippen molar-refractivity contribution in [2.75, 3.05) is 0 Å². The molecule has 1 aromatic rings. The lowest BCUT2D eigenvalue weighted by Gasteiger charge is -2.32. The van der Waals surface area contributed by atoms with Gasteiger partial charge in [-0.1, -0.05) is 0 Å². The molecule has 1 aliphatic heterocycles. The van der Waals surface area contributed by atoms with Crippen LogP contribution in [0.2, 0.25) is 0 Å². The Morgan fingerprint density at radius 1 is 1.43 bits per heavy atom. The summed E-state index contributed by atoms with van der Waals surface area (Å²) >= 11 is 1.88. The van der Waals surface area contributed by atoms with Crippen molar-refractivity contribution in [1.29, 1.82) is 0 Å². The summed E-state index contributed by atoms with van der Waals surface area (Å²) in [6.07, 6.45) is 2.17. The predicted octanol–water partition coefficient (Wildman–Crippen LogP) is 2.20. The minimum Gasteiger partial charge on any atom is -0.328 e. The quantitative estimate of drug-likeness (QED) is 0.745. The Hall–Kier alpha value is -0.380. The summed E-state index contributed by atoms with van der Waals surface area (Å²) in [7, 11) is 0. The molecule has 0 aliphatic carbocycles. The van der Waals surface area contributed by atoms with Crippen LogP contribution in [-0.2, 0) is 0 Å². The van der Waals surface area contributed by atoms with Crippen LogP contribution in [0.1, 0.15) is 35.6 Å². The van der Waals surface area contributed by atoms with Crippen molar-refractivity contribution in [2.45, 2.75) is 44.8 Å². The van der Waals surface area contributed by atoms with Gasteiger partial charge in [-0.25, -0.2) is 0 Å². The monoisotopic (exact) mass is 210 g/mol. The van der Waals surface area contributed by atoms with Crippen molar-refractivity contribution in [2.24, 2.45) is 5.73 Å². The second-order valence-corrected chi connectivity index (χ2v) is 5.62. The fourth-order valence-electron chi connectivity index (χ4n) is 2.17. The van der Waals surface area contributed by atoms with E-state index in [1.54, 1.807) is 0 Å². The molecule has 1 fully saturated rings. The maximum Gasteiger partial charge on any atom is 0.0431 e. The van der Waals surface area contributed by atoms with Gasteiger partial charge in [0.05, 0.1) is 0 Å². The van der Waals surface area contributed by atoms with Crippen LogP contribution < -0.4 is 11.1 Å². The van der Waals surface area contributed by atoms with Gasteiger partial charge in [-0.3, -0.25) is 0 Å². The summed E-state index contributed by atoms with van der Waals surface area (Å²) in [6.45, 7) is 4.37. The molecule has 2 heterocycles. The maximum absolute atomic E-state index is 6.02. The molecule has 78 valence electrons. The maximum atomic E-state index is 6.02. The van der Waals surface area contributed by atoms with E-state index in [0.717, 1.165) is 12.8 Å². The van der Waals surface area contributed by atoms with Crippen molar-refractivity contribution in [3.05, 3.63) is 21.9 Å². The molecule has 14 heavy (non-hydrogen) atoms. The van der Waals surface area contributed by atoms with E-state index in [0.29, 0.717) is 18.1 Å². The van der Waals surface area contributed by atoms with Gasteiger partial charge in [0.15, 0.2) is 0 Å². The second-order valence-electron chi connectivity index (χ2n) is 4.30. The zero-order valence-corrected chi connectivity index (χ0v) is 9.60. The topological polar surface area (TPSA) is 38.0 Å². The molecule has 0 aromatic carbocycles. The number of hydrogen-bond acceptors (Lipinski definition) is 3. The number of aryl methyl sites for hydroxylation is 1. The zero-order valence-electron chi connectivity index (χ0n) is 8.79. The molecule has 3 N–H and O–H groups in total. The van der Waals surface area contributed by atoms with Crippen LogP contribution in [0.25, 0.3) is 0 Å². The molecular formula is C11H18N2S. The first kappa shape index (κ1) is 10.1. The highest BCUT2D eigenvalue weighted by atomic mass is 32.1. The van der Waals surface area contributed by atoms with Gasteiger partial charge in [-0.15, -0.1) is 11.3 Å². The predicted molar refractivity (Wildman–Crippen MR) is 61.6 cm³/mol. The number of piperidine rings is 1. The average Bonchev–Trinajstić information content (AvgIpc) is 2.50. The Balaban J connectivity index is 2.10. The third kappa shape index (κ3) is 2.16. The van der Waals surface area contributed by atoms with Crippen LogP contribution in [0.5, 0.6) is 0 Å². The molecule has 3 heteroatoms. The van der Waals surface area contributed by atoms with Gasteiger partial charge in [0.25, 0.3) is 0 Å². The molecular weight excluding hydrogens is 192 g/mol. The van der Waals surface area contributed by atoms with Crippen molar-refractivity contribution >= 4 is 11.3 Å². The number of hydrogen-bond donors (Lipinski definition) is 2. The van der Waals surface area contributed by atoms with Gasteiger partial charge in [0, 0.05) is 27.9 Å². The average molecular weight is 210 g/mol. The third-order valence-electron chi connectivity index (χ3n) is 2.79. The molecule has 1 aliphatic rings. The van der Waals surface area contributed by atoms with Gasteiger partial charge in [0.2, 0.25) is 0 Å². The van der Waals surface area contributed by atoms with E-state index >= 15 is 0 Å². The molecule has 0 spiro atoms. The first-order valence-corrected chi connectivity index (χ1v) is 6.05. The summed E-state index contributed by atoms with van der Waals surface area (Å²) in [5.41, 5.74) is 6.02. The van der Waals surface area contributed by atoms with E-state index < -0.39 is 0 Å². The Bertz CT molecular complexity index is 298. The van der Waals surface area contributed by atoms with Gasteiger partial charge in [0.1, 0.15) is 0 Å². The fourth-order valence-corrected chi connectivity index (χ4v) is 3.12. The second kappa shape index (κ2) is 4.01. The number of nitrogens with one attached hydrogen (secondary N) is 1. The van der Waals surface area contributed by atoms with E-state index in [1.807, 2.05) is 11.3 Å². The molecule has 0 amide bonds. The molecule has 0 saturated carbocycles. The molecule has 0 unspecified atom stereocenters. The molecule has 1 aromatic heterocycles. The highest BCUT2D eigenvalue weighted by Crippen LogP contribution is 2.29. The minimum atomic E-state index is 0.360. The van der Waals surface area contributed by atoms with Crippen LogP contribution >= 0.6 is 11.3 Å². The summed E-state index contributed by atoms with van der Waals surface area (Å²) in [4.78, 5) is 2.82. The molecule has 3 atom stereocenters. The lowest BCUT2D eigenvalue weighted by molar-refractivity contribution is 0.310. The first-order valence-electron chi connectivity index (χ1n) is 5.23. The molecule has 2 rings (SSSR count). The molecule has 2 nitrogen and oxygen atoms in total. The van der Waals surface area contributed by atoms with Crippen LogP contribution in [0.3, 0.4) is 0 Å². The van der Waals surface area contributed by atoms with Gasteiger partial charge in [-0.05, 0) is 38.8 Å². The van der Waals surface area contributed by atoms with E-state index in [9.17, 15) is 0 Å². The van der Waals surface area contributed by atoms with Crippen molar-refractivity contribution in [1.82, 2.24) is 5.32 Å². The van der Waals surface area contributed by atoms with Gasteiger partial charge >= 0.3 is 0 Å². The van der Waals surface area contributed by atoms with Crippen molar-refractivity contribution in [3.63, 3.8) is 0 Å². The Morgan fingerprint density at radius 3 is 2.79 bits per heavy atom. The van der Waals surface area contributed by atoms with Crippen molar-refractivity contribution in [3.8, 4) is 0 Å². The Morgan fingerprint density at radius 2 is 2.21 bits per heavy atom. The zero-order chi connectivity index (χ0) is 10.1. The van der Waals surface area contributed by atoms with E-state index in [4.69, 9.17) is 5.73 Å². The van der Waals surface area contributed by atoms with Gasteiger partial charge < -0.3 is 11.1 Å². The van der Waals surface area contributed by atoms with E-state index in [-0.39, 0.29) is 0 Å². The van der Waals surface area contributed by atoms with Crippen LogP contribution in [0.15, 0.2) is 12.1 Å². The Kier molecular flexibility index (Phi) is 2.91. The summed E-state index contributed by atoms with van der Waals surface area (Å²) in [6, 6.07) is 5.80. The van der Waals surface area contributed by atoms with E-state index in [2.05, 4.69) is 31.3 Å². The first-order chi connectivity index (χ1) is 6.65. The lowest BCUT2D eigenvalue weighted by Crippen LogP contribution is -2.43. The third-order valence-corrected chi connectivity index (χ3v) is 3.90. The summed E-state index contributed by atoms with van der Waals surface area (Å²) in [5, 5.41) is 3.61. The molecule has 0 bridgehead atoms. The normalized spacial score (nSPS) is 33.2. The Labute approximate surface area is 89.5 Å². The number of rotatable bonds is 1. The summed E-state index contributed by atoms with van der Waals surface area (Å²) < 4.78 is 0. The fraction of sp³-hybridized carbons (Fsp3) is 0.636. The smallest absolute Gasteiger partial charge is 0.0431 e. The highest BCUT2D eigenvalue weighted by molar-refractivity contribution is 7.12. The standard InChI is InChI=1S/C11H18N2S/c1-7-5-9(12)6-10(13-7)11-4-3-8(2)14-11/h3-4,7,9-10,13H,5-6,12H2,1-2H3/t7-,9+,10-/m0/s1. The lowest BCUT2D eigenvalue weighted by atomic mass is 9.94. The van der Waals surface area contributed by atoms with Crippen LogP contribution in [-0.4, -0.2) is 12.1 Å². The van der Waals surface area contributed by atoms with Crippen LogP contribution in [0, 0.1) is 6.92 Å². The summed E-state index contributed by atoms with van der Waals surface area (Å²) in [5.74, 6) is 0. The number of nitrogens with two attached hydrogens (primary N) is 1.